The Bertz CT molecular complexity index is 945. The number of rotatable bonds is 5. The van der Waals surface area contributed by atoms with Gasteiger partial charge in [-0.2, -0.15) is 13.2 Å². The van der Waals surface area contributed by atoms with Crippen molar-refractivity contribution >= 4 is 23.8 Å². The van der Waals surface area contributed by atoms with Crippen molar-refractivity contribution in [1.82, 2.24) is 0 Å². The zero-order chi connectivity index (χ0) is 20.1. The maximum atomic E-state index is 14.4. The third kappa shape index (κ3) is 5.23. The van der Waals surface area contributed by atoms with E-state index in [0.29, 0.717) is 16.1 Å². The highest BCUT2D eigenvalue weighted by Crippen LogP contribution is 2.37. The summed E-state index contributed by atoms with van der Waals surface area (Å²) in [5.41, 5.74) is 1.62. The van der Waals surface area contributed by atoms with E-state index in [1.807, 2.05) is 0 Å². The van der Waals surface area contributed by atoms with Gasteiger partial charge in [-0.15, -0.1) is 0 Å². The Morgan fingerprint density at radius 1 is 0.857 bits per heavy atom. The Hall–Kier alpha value is -2.59. The first-order valence-corrected chi connectivity index (χ1v) is 9.04. The molecule has 0 saturated carbocycles. The van der Waals surface area contributed by atoms with Crippen LogP contribution in [-0.4, -0.2) is 6.18 Å². The molecule has 0 radical (unpaired) electrons. The first-order chi connectivity index (χ1) is 13.3. The molecule has 0 heterocycles. The molecule has 0 unspecified atom stereocenters. The Labute approximate surface area is 166 Å². The maximum absolute atomic E-state index is 14.4. The highest BCUT2D eigenvalue weighted by atomic mass is 35.5. The van der Waals surface area contributed by atoms with E-state index in [-0.39, 0.29) is 12.0 Å². The Morgan fingerprint density at radius 2 is 1.54 bits per heavy atom. The van der Waals surface area contributed by atoms with Crippen LogP contribution in [0, 0.1) is 5.82 Å². The molecule has 0 aliphatic rings. The summed E-state index contributed by atoms with van der Waals surface area (Å²) in [7, 11) is 0. The minimum absolute atomic E-state index is 0.169. The first-order valence-electron chi connectivity index (χ1n) is 8.66. The first kappa shape index (κ1) is 20.2. The van der Waals surface area contributed by atoms with Crippen molar-refractivity contribution in [2.75, 3.05) is 0 Å². The lowest BCUT2D eigenvalue weighted by Crippen LogP contribution is -2.23. The number of benzene rings is 3. The number of halogens is 5. The molecule has 144 valence electrons. The molecule has 0 fully saturated rings. The third-order valence-electron chi connectivity index (χ3n) is 4.43. The number of hydrogen-bond donors (Lipinski definition) is 0. The second-order valence-electron chi connectivity index (χ2n) is 6.45. The van der Waals surface area contributed by atoms with Gasteiger partial charge in [-0.3, -0.25) is 0 Å². The van der Waals surface area contributed by atoms with Gasteiger partial charge in [0.05, 0.1) is 5.92 Å². The average molecular weight is 405 g/mol. The minimum Gasteiger partial charge on any atom is -0.206 e. The average Bonchev–Trinajstić information content (AvgIpc) is 2.66. The SMILES string of the molecule is Fc1cc(C[C@@H](c2ccccc2)C(F)(F)F)ccc1C=Cc1ccc(Cl)cc1. The summed E-state index contributed by atoms with van der Waals surface area (Å²) in [4.78, 5) is 0. The third-order valence-corrected chi connectivity index (χ3v) is 4.68. The normalized spacial score (nSPS) is 13.0. The second-order valence-corrected chi connectivity index (χ2v) is 6.89. The van der Waals surface area contributed by atoms with Crippen LogP contribution in [-0.2, 0) is 6.42 Å². The van der Waals surface area contributed by atoms with E-state index in [4.69, 9.17) is 11.6 Å². The van der Waals surface area contributed by atoms with Crippen LogP contribution >= 0.6 is 11.6 Å². The van der Waals surface area contributed by atoms with Crippen molar-refractivity contribution < 1.29 is 17.6 Å². The molecule has 28 heavy (non-hydrogen) atoms. The van der Waals surface area contributed by atoms with Crippen molar-refractivity contribution in [3.63, 3.8) is 0 Å². The molecular weight excluding hydrogens is 388 g/mol. The van der Waals surface area contributed by atoms with Gasteiger partial charge in [-0.05, 0) is 41.3 Å². The summed E-state index contributed by atoms with van der Waals surface area (Å²) in [5.74, 6) is -2.24. The monoisotopic (exact) mass is 404 g/mol. The Kier molecular flexibility index (Phi) is 6.20. The van der Waals surface area contributed by atoms with Gasteiger partial charge in [0.1, 0.15) is 5.82 Å². The molecule has 5 heteroatoms. The van der Waals surface area contributed by atoms with Crippen LogP contribution in [0.1, 0.15) is 28.2 Å². The van der Waals surface area contributed by atoms with Crippen LogP contribution in [0.5, 0.6) is 0 Å². The van der Waals surface area contributed by atoms with Crippen molar-refractivity contribution in [3.05, 3.63) is 106 Å². The molecular formula is C23H17ClF4. The van der Waals surface area contributed by atoms with Crippen LogP contribution in [0.15, 0.2) is 72.8 Å². The van der Waals surface area contributed by atoms with E-state index in [1.165, 1.54) is 30.3 Å². The zero-order valence-corrected chi connectivity index (χ0v) is 15.5. The van der Waals surface area contributed by atoms with E-state index in [9.17, 15) is 17.6 Å². The van der Waals surface area contributed by atoms with Crippen LogP contribution in [0.3, 0.4) is 0 Å². The van der Waals surface area contributed by atoms with E-state index in [2.05, 4.69) is 0 Å². The molecule has 3 rings (SSSR count). The summed E-state index contributed by atoms with van der Waals surface area (Å²) >= 11 is 5.83. The summed E-state index contributed by atoms with van der Waals surface area (Å²) in [6.45, 7) is 0. The minimum atomic E-state index is -4.41. The number of hydrogen-bond acceptors (Lipinski definition) is 0. The largest absolute Gasteiger partial charge is 0.396 e. The summed E-state index contributed by atoms with van der Waals surface area (Å²) < 4.78 is 54.9. The van der Waals surface area contributed by atoms with Crippen LogP contribution in [0.25, 0.3) is 12.2 Å². The lowest BCUT2D eigenvalue weighted by atomic mass is 9.91. The van der Waals surface area contributed by atoms with Gasteiger partial charge in [-0.1, -0.05) is 78.4 Å². The molecule has 0 bridgehead atoms. The van der Waals surface area contributed by atoms with E-state index >= 15 is 0 Å². The predicted octanol–water partition coefficient (Wildman–Crippen LogP) is 7.54. The highest BCUT2D eigenvalue weighted by Gasteiger charge is 2.40. The fourth-order valence-corrected chi connectivity index (χ4v) is 3.06. The molecule has 3 aromatic rings. The molecule has 1 atom stereocenters. The number of alkyl halides is 3. The van der Waals surface area contributed by atoms with Crippen LogP contribution in [0.4, 0.5) is 17.6 Å². The molecule has 3 aromatic carbocycles. The van der Waals surface area contributed by atoms with Crippen LogP contribution in [0.2, 0.25) is 5.02 Å². The van der Waals surface area contributed by atoms with Crippen molar-refractivity contribution in [1.29, 1.82) is 0 Å². The standard InChI is InChI=1S/C23H17ClF4/c24-20-12-8-16(9-13-20)6-10-19-11-7-17(15-22(19)25)14-21(23(26,27)28)18-4-2-1-3-5-18/h1-13,15,21H,14H2/t21-/m0/s1. The molecule has 0 saturated heterocycles. The molecule has 0 amide bonds. The van der Waals surface area contributed by atoms with E-state index in [1.54, 1.807) is 54.6 Å². The maximum Gasteiger partial charge on any atom is 0.396 e. The zero-order valence-electron chi connectivity index (χ0n) is 14.8. The lowest BCUT2D eigenvalue weighted by molar-refractivity contribution is -0.150. The summed E-state index contributed by atoms with van der Waals surface area (Å²) in [5, 5.41) is 0.602. The van der Waals surface area contributed by atoms with Crippen molar-refractivity contribution in [2.45, 2.75) is 18.5 Å². The van der Waals surface area contributed by atoms with Gasteiger partial charge in [0.25, 0.3) is 0 Å². The predicted molar refractivity (Wildman–Crippen MR) is 106 cm³/mol. The van der Waals surface area contributed by atoms with Gasteiger partial charge < -0.3 is 0 Å². The topological polar surface area (TPSA) is 0 Å². The molecule has 0 nitrogen and oxygen atoms in total. The molecule has 0 N–H and O–H groups in total. The fourth-order valence-electron chi connectivity index (χ4n) is 2.94. The molecule has 0 spiro atoms. The quantitative estimate of drug-likeness (QED) is 0.304. The molecule has 0 aliphatic carbocycles. The lowest BCUT2D eigenvalue weighted by Gasteiger charge is -2.21. The van der Waals surface area contributed by atoms with Gasteiger partial charge in [0.2, 0.25) is 0 Å². The molecule has 0 aromatic heterocycles. The Morgan fingerprint density at radius 3 is 2.14 bits per heavy atom. The van der Waals surface area contributed by atoms with Gasteiger partial charge in [0.15, 0.2) is 0 Å². The fraction of sp³-hybridized carbons (Fsp3) is 0.130. The van der Waals surface area contributed by atoms with Crippen molar-refractivity contribution in [2.24, 2.45) is 0 Å². The summed E-state index contributed by atoms with van der Waals surface area (Å²) in [6.07, 6.45) is -1.42. The van der Waals surface area contributed by atoms with Crippen LogP contribution < -0.4 is 0 Å². The van der Waals surface area contributed by atoms with Gasteiger partial charge >= 0.3 is 6.18 Å². The van der Waals surface area contributed by atoms with E-state index in [0.717, 1.165) is 5.56 Å². The second kappa shape index (κ2) is 8.61. The smallest absolute Gasteiger partial charge is 0.206 e. The van der Waals surface area contributed by atoms with E-state index < -0.39 is 17.9 Å². The van der Waals surface area contributed by atoms with Gasteiger partial charge in [0, 0.05) is 10.6 Å². The highest BCUT2D eigenvalue weighted by molar-refractivity contribution is 6.30. The van der Waals surface area contributed by atoms with Crippen molar-refractivity contribution in [3.8, 4) is 0 Å². The Balaban J connectivity index is 1.80. The summed E-state index contributed by atoms with van der Waals surface area (Å²) in [6, 6.07) is 18.9. The van der Waals surface area contributed by atoms with Gasteiger partial charge in [-0.25, -0.2) is 4.39 Å². The molecule has 0 aliphatic heterocycles.